The third-order valence-electron chi connectivity index (χ3n) is 3.33. The van der Waals surface area contributed by atoms with Gasteiger partial charge in [-0.15, -0.1) is 0 Å². The Hall–Kier alpha value is -1.05. The number of aliphatic hydroxyl groups excluding tert-OH is 1. The van der Waals surface area contributed by atoms with Crippen LogP contribution in [-0.4, -0.2) is 41.7 Å². The van der Waals surface area contributed by atoms with Crippen molar-refractivity contribution in [3.8, 4) is 0 Å². The predicted molar refractivity (Wildman–Crippen MR) is 74.4 cm³/mol. The van der Waals surface area contributed by atoms with Crippen molar-refractivity contribution >= 4 is 27.5 Å². The maximum Gasteiger partial charge on any atom is 0.238 e. The maximum absolute atomic E-state index is 13.6. The first-order chi connectivity index (χ1) is 9.51. The molecule has 1 saturated heterocycles. The molecule has 1 aliphatic heterocycles. The summed E-state index contributed by atoms with van der Waals surface area (Å²) in [5, 5.41) is 11.6. The van der Waals surface area contributed by atoms with Gasteiger partial charge in [-0.2, -0.15) is 0 Å². The number of anilines is 1. The molecule has 2 rings (SSSR count). The zero-order chi connectivity index (χ0) is 14.7. The highest BCUT2D eigenvalue weighted by Gasteiger charge is 2.25. The average molecular weight is 349 g/mol. The van der Waals surface area contributed by atoms with Crippen LogP contribution in [0.25, 0.3) is 0 Å². The second kappa shape index (κ2) is 6.60. The number of hydrogen-bond donors (Lipinski definition) is 2. The molecule has 7 heteroatoms. The number of hydrogen-bond acceptors (Lipinski definition) is 3. The molecule has 1 aromatic carbocycles. The van der Waals surface area contributed by atoms with Crippen molar-refractivity contribution in [3.63, 3.8) is 0 Å². The van der Waals surface area contributed by atoms with Crippen LogP contribution in [0.3, 0.4) is 0 Å². The SMILES string of the molecule is O=C(CN1CCCC1CO)Nc1c(F)cc(F)cc1Br. The molecular weight excluding hydrogens is 334 g/mol. The lowest BCUT2D eigenvalue weighted by Crippen LogP contribution is -2.38. The van der Waals surface area contributed by atoms with Gasteiger partial charge in [0, 0.05) is 16.6 Å². The topological polar surface area (TPSA) is 52.6 Å². The summed E-state index contributed by atoms with van der Waals surface area (Å²) in [7, 11) is 0. The molecule has 110 valence electrons. The first-order valence-corrected chi connectivity index (χ1v) is 7.10. The molecule has 0 saturated carbocycles. The van der Waals surface area contributed by atoms with Crippen molar-refractivity contribution in [1.29, 1.82) is 0 Å². The van der Waals surface area contributed by atoms with Crippen LogP contribution in [0.15, 0.2) is 16.6 Å². The van der Waals surface area contributed by atoms with Crippen LogP contribution in [-0.2, 0) is 4.79 Å². The minimum Gasteiger partial charge on any atom is -0.395 e. The number of carbonyl (C=O) groups excluding carboxylic acids is 1. The second-order valence-electron chi connectivity index (χ2n) is 4.74. The number of aliphatic hydroxyl groups is 1. The highest BCUT2D eigenvalue weighted by atomic mass is 79.9. The summed E-state index contributed by atoms with van der Waals surface area (Å²) < 4.78 is 26.7. The van der Waals surface area contributed by atoms with Crippen LogP contribution >= 0.6 is 15.9 Å². The molecular formula is C13H15BrF2N2O2. The minimum absolute atomic E-state index is 0.00187. The standard InChI is InChI=1S/C13H15BrF2N2O2/c14-10-4-8(15)5-11(16)13(10)17-12(20)6-18-3-1-2-9(18)7-19/h4-5,9,19H,1-3,6-7H2,(H,17,20). The van der Waals surface area contributed by atoms with E-state index in [2.05, 4.69) is 21.2 Å². The Kier molecular flexibility index (Phi) is 5.06. The van der Waals surface area contributed by atoms with Crippen molar-refractivity contribution in [2.24, 2.45) is 0 Å². The fourth-order valence-electron chi connectivity index (χ4n) is 2.34. The largest absolute Gasteiger partial charge is 0.395 e. The Morgan fingerprint density at radius 2 is 2.25 bits per heavy atom. The van der Waals surface area contributed by atoms with E-state index in [1.807, 2.05) is 4.90 Å². The van der Waals surface area contributed by atoms with Crippen molar-refractivity contribution in [2.45, 2.75) is 18.9 Å². The summed E-state index contributed by atoms with van der Waals surface area (Å²) in [6, 6.07) is 1.78. The van der Waals surface area contributed by atoms with E-state index < -0.39 is 17.5 Å². The van der Waals surface area contributed by atoms with Crippen LogP contribution < -0.4 is 5.32 Å². The Labute approximate surface area is 123 Å². The molecule has 1 fully saturated rings. The first-order valence-electron chi connectivity index (χ1n) is 6.30. The number of halogens is 3. The molecule has 4 nitrogen and oxygen atoms in total. The minimum atomic E-state index is -0.828. The highest BCUT2D eigenvalue weighted by molar-refractivity contribution is 9.10. The van der Waals surface area contributed by atoms with E-state index in [1.165, 1.54) is 0 Å². The summed E-state index contributed by atoms with van der Waals surface area (Å²) in [5.41, 5.74) is -0.0730. The van der Waals surface area contributed by atoms with Gasteiger partial charge in [0.15, 0.2) is 5.82 Å². The molecule has 1 aliphatic rings. The molecule has 2 N–H and O–H groups in total. The monoisotopic (exact) mass is 348 g/mol. The number of rotatable bonds is 4. The van der Waals surface area contributed by atoms with Gasteiger partial charge in [0.2, 0.25) is 5.91 Å². The number of nitrogens with zero attached hydrogens (tertiary/aromatic N) is 1. The number of benzene rings is 1. The predicted octanol–water partition coefficient (Wildman–Crippen LogP) is 2.12. The zero-order valence-corrected chi connectivity index (χ0v) is 12.3. The van der Waals surface area contributed by atoms with Gasteiger partial charge < -0.3 is 10.4 Å². The summed E-state index contributed by atoms with van der Waals surface area (Å²) in [6.45, 7) is 0.808. The van der Waals surface area contributed by atoms with E-state index in [1.54, 1.807) is 0 Å². The third kappa shape index (κ3) is 3.53. The van der Waals surface area contributed by atoms with Crippen molar-refractivity contribution in [3.05, 3.63) is 28.2 Å². The Morgan fingerprint density at radius 3 is 2.90 bits per heavy atom. The molecule has 0 bridgehead atoms. The van der Waals surface area contributed by atoms with E-state index in [-0.39, 0.29) is 29.4 Å². The Balaban J connectivity index is 2.01. The van der Waals surface area contributed by atoms with E-state index >= 15 is 0 Å². The van der Waals surface area contributed by atoms with Gasteiger partial charge in [-0.25, -0.2) is 8.78 Å². The number of likely N-dealkylation sites (tertiary alicyclic amines) is 1. The fourth-order valence-corrected chi connectivity index (χ4v) is 2.84. The first kappa shape index (κ1) is 15.3. The maximum atomic E-state index is 13.6. The number of carbonyl (C=O) groups is 1. The molecule has 1 amide bonds. The molecule has 1 aromatic rings. The zero-order valence-electron chi connectivity index (χ0n) is 10.7. The molecule has 0 aromatic heterocycles. The lowest BCUT2D eigenvalue weighted by atomic mass is 10.2. The Bertz CT molecular complexity index is 490. The van der Waals surface area contributed by atoms with Gasteiger partial charge in [-0.3, -0.25) is 9.69 Å². The molecule has 1 unspecified atom stereocenters. The van der Waals surface area contributed by atoms with Crippen LogP contribution in [0.2, 0.25) is 0 Å². The van der Waals surface area contributed by atoms with Gasteiger partial charge in [0.05, 0.1) is 18.8 Å². The number of nitrogens with one attached hydrogen (secondary N) is 1. The van der Waals surface area contributed by atoms with Crippen LogP contribution in [0.5, 0.6) is 0 Å². The van der Waals surface area contributed by atoms with Crippen molar-refractivity contribution < 1.29 is 18.7 Å². The molecule has 0 radical (unpaired) electrons. The Morgan fingerprint density at radius 1 is 1.50 bits per heavy atom. The lowest BCUT2D eigenvalue weighted by molar-refractivity contribution is -0.117. The molecule has 0 spiro atoms. The summed E-state index contributed by atoms with van der Waals surface area (Å²) >= 11 is 3.02. The summed E-state index contributed by atoms with van der Waals surface area (Å²) in [6.07, 6.45) is 1.77. The number of amides is 1. The van der Waals surface area contributed by atoms with Crippen molar-refractivity contribution in [2.75, 3.05) is 25.0 Å². The lowest BCUT2D eigenvalue weighted by Gasteiger charge is -2.22. The van der Waals surface area contributed by atoms with E-state index in [4.69, 9.17) is 0 Å². The third-order valence-corrected chi connectivity index (χ3v) is 3.95. The van der Waals surface area contributed by atoms with Gasteiger partial charge in [0.25, 0.3) is 0 Å². The second-order valence-corrected chi connectivity index (χ2v) is 5.60. The van der Waals surface area contributed by atoms with Crippen LogP contribution in [0.1, 0.15) is 12.8 Å². The highest BCUT2D eigenvalue weighted by Crippen LogP contribution is 2.27. The quantitative estimate of drug-likeness (QED) is 0.876. The van der Waals surface area contributed by atoms with Gasteiger partial charge in [0.1, 0.15) is 5.82 Å². The fraction of sp³-hybridized carbons (Fsp3) is 0.462. The van der Waals surface area contributed by atoms with Crippen LogP contribution in [0, 0.1) is 11.6 Å². The summed E-state index contributed by atoms with van der Waals surface area (Å²) in [4.78, 5) is 13.8. The van der Waals surface area contributed by atoms with E-state index in [0.717, 1.165) is 25.5 Å². The molecule has 1 atom stereocenters. The van der Waals surface area contributed by atoms with Crippen molar-refractivity contribution in [1.82, 2.24) is 4.90 Å². The van der Waals surface area contributed by atoms with Crippen LogP contribution in [0.4, 0.5) is 14.5 Å². The van der Waals surface area contributed by atoms with E-state index in [0.29, 0.717) is 6.07 Å². The molecule has 20 heavy (non-hydrogen) atoms. The van der Waals surface area contributed by atoms with Gasteiger partial charge in [-0.05, 0) is 41.4 Å². The smallest absolute Gasteiger partial charge is 0.238 e. The van der Waals surface area contributed by atoms with Gasteiger partial charge in [-0.1, -0.05) is 0 Å². The van der Waals surface area contributed by atoms with E-state index in [9.17, 15) is 18.7 Å². The molecule has 0 aliphatic carbocycles. The average Bonchev–Trinajstić information content (AvgIpc) is 2.81. The normalized spacial score (nSPS) is 19.3. The summed E-state index contributed by atoms with van der Waals surface area (Å²) in [5.74, 6) is -1.94. The molecule has 1 heterocycles. The van der Waals surface area contributed by atoms with Gasteiger partial charge >= 0.3 is 0 Å².